The first kappa shape index (κ1) is 25.6. The summed E-state index contributed by atoms with van der Waals surface area (Å²) in [6.45, 7) is 9.09. The minimum absolute atomic E-state index is 0.318. The van der Waals surface area contributed by atoms with Gasteiger partial charge < -0.3 is 8.83 Å². The summed E-state index contributed by atoms with van der Waals surface area (Å²) in [6.07, 6.45) is 3.99. The van der Waals surface area contributed by atoms with E-state index in [9.17, 15) is 0 Å². The van der Waals surface area contributed by atoms with E-state index in [2.05, 4.69) is 117 Å². The quantitative estimate of drug-likeness (QED) is 0.210. The Kier molecular flexibility index (Phi) is 5.80. The van der Waals surface area contributed by atoms with Crippen LogP contribution < -0.4 is 0 Å². The summed E-state index contributed by atoms with van der Waals surface area (Å²) in [5, 5.41) is 4.25. The van der Waals surface area contributed by atoms with Crippen LogP contribution in [0.3, 0.4) is 0 Å². The third kappa shape index (κ3) is 4.01. The Bertz CT molecular complexity index is 2270. The molecule has 0 aliphatic heterocycles. The van der Waals surface area contributed by atoms with Crippen molar-refractivity contribution in [3.63, 3.8) is 0 Å². The lowest BCUT2D eigenvalue weighted by Gasteiger charge is -2.23. The molecule has 8 aromatic rings. The molecule has 5 aromatic carbocycles. The van der Waals surface area contributed by atoms with Crippen molar-refractivity contribution in [2.24, 2.45) is 0 Å². The Hall–Kier alpha value is -5.09. The number of aromatic nitrogens is 2. The van der Waals surface area contributed by atoms with Crippen molar-refractivity contribution in [3.8, 4) is 28.2 Å². The molecular weight excluding hydrogens is 528 g/mol. The van der Waals surface area contributed by atoms with Gasteiger partial charge in [0, 0.05) is 33.9 Å². The molecule has 0 fully saturated rings. The Morgan fingerprint density at radius 2 is 1.23 bits per heavy atom. The van der Waals surface area contributed by atoms with Gasteiger partial charge >= 0.3 is 0 Å². The summed E-state index contributed by atoms with van der Waals surface area (Å²) in [6, 6.07) is 34.1. The predicted molar refractivity (Wildman–Crippen MR) is 177 cm³/mol. The van der Waals surface area contributed by atoms with E-state index in [1.54, 1.807) is 0 Å². The monoisotopic (exact) mass is 560 g/mol. The van der Waals surface area contributed by atoms with Crippen LogP contribution in [-0.2, 0) is 0 Å². The summed E-state index contributed by atoms with van der Waals surface area (Å²) < 4.78 is 15.1. The highest BCUT2D eigenvalue weighted by molar-refractivity contribution is 6.16. The molecule has 0 saturated carbocycles. The third-order valence-electron chi connectivity index (χ3n) is 8.64. The minimum atomic E-state index is 0.318. The fraction of sp³-hybridized carbons (Fsp3) is 0.154. The van der Waals surface area contributed by atoms with Crippen LogP contribution in [-0.4, -0.2) is 9.55 Å². The molecule has 3 heterocycles. The van der Waals surface area contributed by atoms with Crippen LogP contribution >= 0.6 is 0 Å². The van der Waals surface area contributed by atoms with E-state index in [4.69, 9.17) is 13.8 Å². The SMILES string of the molecule is CC(C)c1cc(-c2ccccc2)cc(C(C)C)c1-n1ccnc1-c1cccc2c1oc1cc3c(cc12)oc1ccccc13. The van der Waals surface area contributed by atoms with E-state index in [1.807, 2.05) is 24.4 Å². The molecule has 0 aliphatic carbocycles. The molecule has 8 rings (SSSR count). The van der Waals surface area contributed by atoms with Gasteiger partial charge in [0.15, 0.2) is 0 Å². The normalized spacial score (nSPS) is 12.1. The van der Waals surface area contributed by atoms with Gasteiger partial charge in [-0.15, -0.1) is 0 Å². The van der Waals surface area contributed by atoms with E-state index in [-0.39, 0.29) is 0 Å². The van der Waals surface area contributed by atoms with E-state index >= 15 is 0 Å². The second kappa shape index (κ2) is 9.74. The van der Waals surface area contributed by atoms with Crippen molar-refractivity contribution in [2.45, 2.75) is 39.5 Å². The molecule has 3 aromatic heterocycles. The molecule has 210 valence electrons. The molecule has 0 N–H and O–H groups in total. The molecule has 4 heteroatoms. The number of nitrogens with zero attached hydrogens (tertiary/aromatic N) is 2. The number of para-hydroxylation sites is 2. The van der Waals surface area contributed by atoms with Crippen LogP contribution in [0.2, 0.25) is 0 Å². The zero-order valence-electron chi connectivity index (χ0n) is 24.8. The van der Waals surface area contributed by atoms with Gasteiger partial charge in [0.2, 0.25) is 0 Å². The van der Waals surface area contributed by atoms with Crippen molar-refractivity contribution < 1.29 is 8.83 Å². The Balaban J connectivity index is 1.35. The second-order valence-electron chi connectivity index (χ2n) is 12.0. The number of benzene rings is 5. The van der Waals surface area contributed by atoms with E-state index in [0.29, 0.717) is 11.8 Å². The molecule has 0 bridgehead atoms. The van der Waals surface area contributed by atoms with Gasteiger partial charge in [-0.3, -0.25) is 4.57 Å². The Labute approximate surface area is 250 Å². The lowest BCUT2D eigenvalue weighted by Crippen LogP contribution is -2.08. The number of furan rings is 2. The van der Waals surface area contributed by atoms with Crippen LogP contribution in [0.1, 0.15) is 50.7 Å². The molecule has 43 heavy (non-hydrogen) atoms. The van der Waals surface area contributed by atoms with Crippen LogP contribution in [0.4, 0.5) is 0 Å². The van der Waals surface area contributed by atoms with Crippen LogP contribution in [0.15, 0.2) is 118 Å². The molecule has 0 aliphatic rings. The van der Waals surface area contributed by atoms with Crippen molar-refractivity contribution in [1.82, 2.24) is 9.55 Å². The molecule has 0 spiro atoms. The van der Waals surface area contributed by atoms with Gasteiger partial charge in [-0.25, -0.2) is 4.98 Å². The lowest BCUT2D eigenvalue weighted by atomic mass is 9.88. The summed E-state index contributed by atoms with van der Waals surface area (Å²) in [5.41, 5.74) is 10.7. The first-order valence-electron chi connectivity index (χ1n) is 15.0. The molecule has 0 atom stereocenters. The number of hydrogen-bond acceptors (Lipinski definition) is 3. The van der Waals surface area contributed by atoms with Gasteiger partial charge in [-0.2, -0.15) is 0 Å². The fourth-order valence-electron chi connectivity index (χ4n) is 6.51. The van der Waals surface area contributed by atoms with E-state index in [1.165, 1.54) is 27.9 Å². The smallest absolute Gasteiger partial charge is 0.148 e. The summed E-state index contributed by atoms with van der Waals surface area (Å²) in [4.78, 5) is 4.94. The summed E-state index contributed by atoms with van der Waals surface area (Å²) >= 11 is 0. The standard InChI is InChI=1S/C39H32N2O2/c1-23(2)30-19-26(25-11-6-5-7-12-25)20-31(24(3)4)37(30)41-18-17-40-39(41)29-15-10-14-28-33-22-35-32(21-36(33)43-38(28)29)27-13-8-9-16-34(27)42-35/h5-24H,1-4H3. The van der Waals surface area contributed by atoms with Crippen molar-refractivity contribution in [1.29, 1.82) is 0 Å². The number of rotatable bonds is 5. The van der Waals surface area contributed by atoms with Crippen LogP contribution in [0.25, 0.3) is 72.1 Å². The molecule has 4 nitrogen and oxygen atoms in total. The van der Waals surface area contributed by atoms with E-state index in [0.717, 1.165) is 55.3 Å². The lowest BCUT2D eigenvalue weighted by molar-refractivity contribution is 0.664. The largest absolute Gasteiger partial charge is 0.456 e. The third-order valence-corrected chi connectivity index (χ3v) is 8.64. The van der Waals surface area contributed by atoms with Crippen molar-refractivity contribution in [2.75, 3.05) is 0 Å². The van der Waals surface area contributed by atoms with E-state index < -0.39 is 0 Å². The van der Waals surface area contributed by atoms with Crippen molar-refractivity contribution in [3.05, 3.63) is 121 Å². The summed E-state index contributed by atoms with van der Waals surface area (Å²) in [7, 11) is 0. The predicted octanol–water partition coefficient (Wildman–Crippen LogP) is 11.3. The van der Waals surface area contributed by atoms with Crippen LogP contribution in [0.5, 0.6) is 0 Å². The second-order valence-corrected chi connectivity index (χ2v) is 12.0. The maximum atomic E-state index is 6.66. The Morgan fingerprint density at radius 1 is 0.581 bits per heavy atom. The van der Waals surface area contributed by atoms with Gasteiger partial charge in [0.05, 0.1) is 11.3 Å². The number of fused-ring (bicyclic) bond motifs is 6. The average Bonchev–Trinajstić information content (AvgIpc) is 3.74. The fourth-order valence-corrected chi connectivity index (χ4v) is 6.51. The zero-order valence-corrected chi connectivity index (χ0v) is 24.8. The zero-order chi connectivity index (χ0) is 29.2. The number of imidazole rings is 1. The average molecular weight is 561 g/mol. The molecular formula is C39H32N2O2. The summed E-state index contributed by atoms with van der Waals surface area (Å²) in [5.74, 6) is 1.51. The molecule has 0 unspecified atom stereocenters. The molecule has 0 radical (unpaired) electrons. The highest BCUT2D eigenvalue weighted by Gasteiger charge is 2.23. The van der Waals surface area contributed by atoms with Crippen molar-refractivity contribution >= 4 is 43.9 Å². The maximum Gasteiger partial charge on any atom is 0.148 e. The highest BCUT2D eigenvalue weighted by atomic mass is 16.3. The maximum absolute atomic E-state index is 6.66. The minimum Gasteiger partial charge on any atom is -0.456 e. The number of hydrogen-bond donors (Lipinski definition) is 0. The molecule has 0 saturated heterocycles. The van der Waals surface area contributed by atoms with Crippen LogP contribution in [0, 0.1) is 0 Å². The first-order valence-corrected chi connectivity index (χ1v) is 15.0. The molecule has 0 amide bonds. The van der Waals surface area contributed by atoms with Gasteiger partial charge in [-0.05, 0) is 70.5 Å². The highest BCUT2D eigenvalue weighted by Crippen LogP contribution is 2.42. The first-order chi connectivity index (χ1) is 21.0. The Morgan fingerprint density at radius 3 is 1.98 bits per heavy atom. The van der Waals surface area contributed by atoms with Gasteiger partial charge in [0.1, 0.15) is 28.2 Å². The topological polar surface area (TPSA) is 44.1 Å². The van der Waals surface area contributed by atoms with Gasteiger partial charge in [0.25, 0.3) is 0 Å². The van der Waals surface area contributed by atoms with Gasteiger partial charge in [-0.1, -0.05) is 88.4 Å².